The Kier molecular flexibility index (Phi) is 5.42. The zero-order valence-electron chi connectivity index (χ0n) is 13.2. The number of rotatable bonds is 6. The van der Waals surface area contributed by atoms with Gasteiger partial charge in [0.25, 0.3) is 0 Å². The highest BCUT2D eigenvalue weighted by Crippen LogP contribution is 2.17. The number of nitrogens with zero attached hydrogens (tertiary/aromatic N) is 1. The summed E-state index contributed by atoms with van der Waals surface area (Å²) in [6, 6.07) is 15.5. The Labute approximate surface area is 131 Å². The van der Waals surface area contributed by atoms with Gasteiger partial charge in [0.15, 0.2) is 0 Å². The van der Waals surface area contributed by atoms with Crippen molar-refractivity contribution in [2.45, 2.75) is 20.0 Å². The van der Waals surface area contributed by atoms with Crippen molar-refractivity contribution in [2.75, 3.05) is 14.2 Å². The van der Waals surface area contributed by atoms with Crippen LogP contribution in [0.5, 0.6) is 11.5 Å². The summed E-state index contributed by atoms with van der Waals surface area (Å²) >= 11 is 0. The molecule has 0 spiro atoms. The van der Waals surface area contributed by atoms with Crippen molar-refractivity contribution in [1.29, 1.82) is 0 Å². The van der Waals surface area contributed by atoms with Crippen molar-refractivity contribution in [3.8, 4) is 11.5 Å². The Morgan fingerprint density at radius 1 is 0.909 bits per heavy atom. The third kappa shape index (κ3) is 4.25. The van der Waals surface area contributed by atoms with E-state index >= 15 is 0 Å². The molecule has 2 rings (SSSR count). The molecule has 0 saturated heterocycles. The van der Waals surface area contributed by atoms with Crippen LogP contribution < -0.4 is 9.47 Å². The predicted octanol–water partition coefficient (Wildman–Crippen LogP) is 3.25. The molecule has 2 aromatic carbocycles. The first-order chi connectivity index (χ1) is 10.6. The summed E-state index contributed by atoms with van der Waals surface area (Å²) in [5.41, 5.74) is 2.11. The lowest BCUT2D eigenvalue weighted by Crippen LogP contribution is -2.27. The molecule has 22 heavy (non-hydrogen) atoms. The molecule has 0 aliphatic carbocycles. The van der Waals surface area contributed by atoms with Gasteiger partial charge in [-0.2, -0.15) is 0 Å². The molecule has 0 bridgehead atoms. The van der Waals surface area contributed by atoms with Crippen LogP contribution in [-0.4, -0.2) is 25.0 Å². The summed E-state index contributed by atoms with van der Waals surface area (Å²) in [4.78, 5) is 13.7. The minimum Gasteiger partial charge on any atom is -0.497 e. The van der Waals surface area contributed by atoms with E-state index in [0.29, 0.717) is 13.1 Å². The molecule has 2 aromatic rings. The van der Waals surface area contributed by atoms with Crippen molar-refractivity contribution < 1.29 is 14.3 Å². The number of hydrogen-bond acceptors (Lipinski definition) is 3. The third-order valence-corrected chi connectivity index (χ3v) is 3.49. The van der Waals surface area contributed by atoms with Gasteiger partial charge in [0, 0.05) is 20.0 Å². The summed E-state index contributed by atoms with van der Waals surface area (Å²) in [6.07, 6.45) is 0. The molecule has 1 amide bonds. The van der Waals surface area contributed by atoms with Gasteiger partial charge in [-0.1, -0.05) is 24.3 Å². The number of benzene rings is 2. The first-order valence-corrected chi connectivity index (χ1v) is 7.13. The number of methoxy groups -OCH3 is 2. The van der Waals surface area contributed by atoms with E-state index in [1.807, 2.05) is 48.5 Å². The van der Waals surface area contributed by atoms with Crippen LogP contribution >= 0.6 is 0 Å². The van der Waals surface area contributed by atoms with Crippen LogP contribution in [0.1, 0.15) is 18.1 Å². The van der Waals surface area contributed by atoms with Crippen molar-refractivity contribution in [2.24, 2.45) is 0 Å². The first kappa shape index (κ1) is 15.9. The van der Waals surface area contributed by atoms with E-state index < -0.39 is 0 Å². The molecule has 0 fully saturated rings. The maximum atomic E-state index is 11.9. The Morgan fingerprint density at radius 3 is 2.14 bits per heavy atom. The van der Waals surface area contributed by atoms with Gasteiger partial charge in [-0.25, -0.2) is 0 Å². The quantitative estimate of drug-likeness (QED) is 0.822. The van der Waals surface area contributed by atoms with Gasteiger partial charge in [-0.3, -0.25) is 4.79 Å². The van der Waals surface area contributed by atoms with E-state index in [2.05, 4.69) is 0 Å². The van der Waals surface area contributed by atoms with Gasteiger partial charge < -0.3 is 14.4 Å². The van der Waals surface area contributed by atoms with E-state index in [1.54, 1.807) is 26.0 Å². The molecule has 116 valence electrons. The highest BCUT2D eigenvalue weighted by Gasteiger charge is 2.11. The van der Waals surface area contributed by atoms with E-state index in [1.165, 1.54) is 0 Å². The van der Waals surface area contributed by atoms with Crippen LogP contribution in [0.15, 0.2) is 48.5 Å². The van der Waals surface area contributed by atoms with Crippen LogP contribution in [0.3, 0.4) is 0 Å². The summed E-state index contributed by atoms with van der Waals surface area (Å²) in [5, 5.41) is 0. The van der Waals surface area contributed by atoms with E-state index in [9.17, 15) is 4.79 Å². The number of amides is 1. The number of carbonyl (C=O) groups is 1. The second-order valence-electron chi connectivity index (χ2n) is 5.07. The maximum Gasteiger partial charge on any atom is 0.220 e. The molecule has 0 radical (unpaired) electrons. The fourth-order valence-electron chi connectivity index (χ4n) is 2.22. The van der Waals surface area contributed by atoms with Gasteiger partial charge in [-0.05, 0) is 35.4 Å². The van der Waals surface area contributed by atoms with Gasteiger partial charge >= 0.3 is 0 Å². The summed E-state index contributed by atoms with van der Waals surface area (Å²) in [7, 11) is 3.28. The molecule has 0 saturated carbocycles. The lowest BCUT2D eigenvalue weighted by atomic mass is 10.1. The topological polar surface area (TPSA) is 38.8 Å². The molecule has 0 aliphatic rings. The molecule has 0 atom stereocenters. The average Bonchev–Trinajstić information content (AvgIpc) is 2.55. The molecule has 4 heteroatoms. The molecule has 0 aromatic heterocycles. The molecule has 0 heterocycles. The average molecular weight is 299 g/mol. The van der Waals surface area contributed by atoms with Crippen LogP contribution in [0.2, 0.25) is 0 Å². The highest BCUT2D eigenvalue weighted by atomic mass is 16.5. The van der Waals surface area contributed by atoms with Crippen LogP contribution in [0.4, 0.5) is 0 Å². The van der Waals surface area contributed by atoms with Crippen LogP contribution in [0, 0.1) is 0 Å². The summed E-state index contributed by atoms with van der Waals surface area (Å²) in [6.45, 7) is 2.71. The van der Waals surface area contributed by atoms with E-state index in [4.69, 9.17) is 9.47 Å². The summed E-state index contributed by atoms with van der Waals surface area (Å²) < 4.78 is 10.4. The molecular formula is C18H21NO3. The molecule has 0 aliphatic heterocycles. The Hall–Kier alpha value is -2.49. The van der Waals surface area contributed by atoms with E-state index in [0.717, 1.165) is 22.6 Å². The minimum absolute atomic E-state index is 0.0404. The van der Waals surface area contributed by atoms with Gasteiger partial charge in [-0.15, -0.1) is 0 Å². The molecule has 0 unspecified atom stereocenters. The number of ether oxygens (including phenoxy) is 2. The second-order valence-corrected chi connectivity index (χ2v) is 5.07. The Bertz CT molecular complexity index is 622. The maximum absolute atomic E-state index is 11.9. The third-order valence-electron chi connectivity index (χ3n) is 3.49. The monoisotopic (exact) mass is 299 g/mol. The highest BCUT2D eigenvalue weighted by molar-refractivity contribution is 5.73. The van der Waals surface area contributed by atoms with Crippen molar-refractivity contribution in [1.82, 2.24) is 4.90 Å². The molecule has 0 N–H and O–H groups in total. The Balaban J connectivity index is 2.10. The lowest BCUT2D eigenvalue weighted by molar-refractivity contribution is -0.130. The van der Waals surface area contributed by atoms with Crippen molar-refractivity contribution >= 4 is 5.91 Å². The summed E-state index contributed by atoms with van der Waals surface area (Å²) in [5.74, 6) is 1.65. The van der Waals surface area contributed by atoms with E-state index in [-0.39, 0.29) is 5.91 Å². The fourth-order valence-corrected chi connectivity index (χ4v) is 2.22. The first-order valence-electron chi connectivity index (χ1n) is 7.13. The standard InChI is InChI=1S/C18H21NO3/c1-14(20)19(12-15-7-9-17(21-2)10-8-15)13-16-5-4-6-18(11-16)22-3/h4-11H,12-13H2,1-3H3. The van der Waals surface area contributed by atoms with Crippen LogP contribution in [0.25, 0.3) is 0 Å². The van der Waals surface area contributed by atoms with Gasteiger partial charge in [0.1, 0.15) is 11.5 Å². The lowest BCUT2D eigenvalue weighted by Gasteiger charge is -2.21. The smallest absolute Gasteiger partial charge is 0.220 e. The largest absolute Gasteiger partial charge is 0.497 e. The second kappa shape index (κ2) is 7.50. The minimum atomic E-state index is 0.0404. The van der Waals surface area contributed by atoms with Crippen LogP contribution in [-0.2, 0) is 17.9 Å². The SMILES string of the molecule is COc1ccc(CN(Cc2cccc(OC)c2)C(C)=O)cc1. The molecule has 4 nitrogen and oxygen atoms in total. The van der Waals surface area contributed by atoms with Gasteiger partial charge in [0.05, 0.1) is 14.2 Å². The normalized spacial score (nSPS) is 10.1. The number of carbonyl (C=O) groups excluding carboxylic acids is 1. The zero-order chi connectivity index (χ0) is 15.9. The van der Waals surface area contributed by atoms with Crippen molar-refractivity contribution in [3.63, 3.8) is 0 Å². The van der Waals surface area contributed by atoms with Crippen molar-refractivity contribution in [3.05, 3.63) is 59.7 Å². The zero-order valence-corrected chi connectivity index (χ0v) is 13.2. The fraction of sp³-hybridized carbons (Fsp3) is 0.278. The predicted molar refractivity (Wildman–Crippen MR) is 85.9 cm³/mol. The molecular weight excluding hydrogens is 278 g/mol. The Morgan fingerprint density at radius 2 is 1.55 bits per heavy atom. The van der Waals surface area contributed by atoms with Gasteiger partial charge in [0.2, 0.25) is 5.91 Å². The number of hydrogen-bond donors (Lipinski definition) is 0.